The van der Waals surface area contributed by atoms with Gasteiger partial charge in [-0.25, -0.2) is 0 Å². The van der Waals surface area contributed by atoms with E-state index in [0.29, 0.717) is 18.4 Å². The van der Waals surface area contributed by atoms with Gasteiger partial charge in [-0.3, -0.25) is 0 Å². The molecule has 0 aliphatic heterocycles. The average Bonchev–Trinajstić information content (AvgIpc) is 3.16. The SMILES string of the molecule is Cc1cc(SC(C)(C)C)ccc1NCc1nnc(C2CC2)o1. The molecule has 1 aromatic carbocycles. The molecule has 22 heavy (non-hydrogen) atoms. The standard InChI is InChI=1S/C17H23N3OS/c1-11-9-13(22-17(2,3)4)7-8-14(11)18-10-15-19-20-16(21-15)12-5-6-12/h7-9,12,18H,5-6,10H2,1-4H3. The zero-order valence-corrected chi connectivity index (χ0v) is 14.5. The summed E-state index contributed by atoms with van der Waals surface area (Å²) in [5.41, 5.74) is 2.35. The lowest BCUT2D eigenvalue weighted by molar-refractivity contribution is 0.457. The topological polar surface area (TPSA) is 51.0 Å². The zero-order chi connectivity index (χ0) is 15.7. The van der Waals surface area contributed by atoms with Gasteiger partial charge >= 0.3 is 0 Å². The first-order valence-corrected chi connectivity index (χ1v) is 8.58. The van der Waals surface area contributed by atoms with Crippen molar-refractivity contribution in [2.24, 2.45) is 0 Å². The fourth-order valence-electron chi connectivity index (χ4n) is 2.26. The molecule has 1 aromatic heterocycles. The number of nitrogens with zero attached hydrogens (tertiary/aromatic N) is 2. The number of anilines is 1. The van der Waals surface area contributed by atoms with E-state index in [1.165, 1.54) is 23.3 Å². The molecule has 118 valence electrons. The third-order valence-electron chi connectivity index (χ3n) is 3.46. The van der Waals surface area contributed by atoms with Crippen molar-refractivity contribution in [1.29, 1.82) is 0 Å². The molecule has 1 N–H and O–H groups in total. The van der Waals surface area contributed by atoms with Crippen molar-refractivity contribution in [2.75, 3.05) is 5.32 Å². The van der Waals surface area contributed by atoms with Crippen molar-refractivity contribution >= 4 is 17.4 Å². The lowest BCUT2D eigenvalue weighted by Gasteiger charge is -2.18. The molecule has 0 unspecified atom stereocenters. The molecule has 1 aliphatic rings. The van der Waals surface area contributed by atoms with Crippen molar-refractivity contribution in [2.45, 2.75) is 62.6 Å². The maximum absolute atomic E-state index is 5.67. The molecule has 1 fully saturated rings. The molecule has 4 nitrogen and oxygen atoms in total. The highest BCUT2D eigenvalue weighted by Gasteiger charge is 2.29. The third-order valence-corrected chi connectivity index (χ3v) is 4.56. The molecule has 5 heteroatoms. The Morgan fingerprint density at radius 2 is 2.05 bits per heavy atom. The van der Waals surface area contributed by atoms with E-state index in [9.17, 15) is 0 Å². The van der Waals surface area contributed by atoms with Crippen LogP contribution in [0.1, 0.15) is 56.9 Å². The van der Waals surface area contributed by atoms with Crippen LogP contribution in [0.4, 0.5) is 5.69 Å². The van der Waals surface area contributed by atoms with Gasteiger partial charge in [0.15, 0.2) is 0 Å². The van der Waals surface area contributed by atoms with Crippen LogP contribution in [-0.4, -0.2) is 14.9 Å². The van der Waals surface area contributed by atoms with Gasteiger partial charge in [0, 0.05) is 21.2 Å². The van der Waals surface area contributed by atoms with Gasteiger partial charge in [0.05, 0.1) is 6.54 Å². The smallest absolute Gasteiger partial charge is 0.235 e. The molecule has 1 heterocycles. The summed E-state index contributed by atoms with van der Waals surface area (Å²) in [6.07, 6.45) is 2.36. The highest BCUT2D eigenvalue weighted by molar-refractivity contribution is 8.00. The zero-order valence-electron chi connectivity index (χ0n) is 13.6. The summed E-state index contributed by atoms with van der Waals surface area (Å²) in [6, 6.07) is 6.51. The Hall–Kier alpha value is -1.49. The van der Waals surface area contributed by atoms with E-state index >= 15 is 0 Å². The Bertz CT molecular complexity index is 656. The van der Waals surface area contributed by atoms with Crippen molar-refractivity contribution < 1.29 is 4.42 Å². The van der Waals surface area contributed by atoms with Gasteiger partial charge in [-0.05, 0) is 43.5 Å². The minimum absolute atomic E-state index is 0.227. The Morgan fingerprint density at radius 3 is 2.68 bits per heavy atom. The highest BCUT2D eigenvalue weighted by atomic mass is 32.2. The lowest BCUT2D eigenvalue weighted by atomic mass is 10.2. The number of nitrogens with one attached hydrogen (secondary N) is 1. The number of rotatable bonds is 5. The minimum Gasteiger partial charge on any atom is -0.423 e. The van der Waals surface area contributed by atoms with E-state index in [-0.39, 0.29) is 4.75 Å². The first-order valence-electron chi connectivity index (χ1n) is 7.76. The van der Waals surface area contributed by atoms with E-state index in [2.05, 4.69) is 61.4 Å². The monoisotopic (exact) mass is 317 g/mol. The van der Waals surface area contributed by atoms with E-state index in [1.807, 2.05) is 11.8 Å². The van der Waals surface area contributed by atoms with Crippen LogP contribution >= 0.6 is 11.8 Å². The molecule has 0 atom stereocenters. The second-order valence-corrected chi connectivity index (χ2v) is 8.75. The number of aromatic nitrogens is 2. The van der Waals surface area contributed by atoms with Crippen LogP contribution in [0.25, 0.3) is 0 Å². The molecule has 1 saturated carbocycles. The summed E-state index contributed by atoms with van der Waals surface area (Å²) in [7, 11) is 0. The molecule has 1 aliphatic carbocycles. The normalized spacial score (nSPS) is 15.1. The number of aryl methyl sites for hydroxylation is 1. The Labute approximate surface area is 136 Å². The van der Waals surface area contributed by atoms with E-state index in [1.54, 1.807) is 0 Å². The lowest BCUT2D eigenvalue weighted by Crippen LogP contribution is -2.07. The van der Waals surface area contributed by atoms with Crippen LogP contribution in [0, 0.1) is 6.92 Å². The molecule has 0 bridgehead atoms. The summed E-state index contributed by atoms with van der Waals surface area (Å²) in [5.74, 6) is 1.97. The maximum Gasteiger partial charge on any atom is 0.235 e. The molecule has 2 aromatic rings. The quantitative estimate of drug-likeness (QED) is 0.806. The van der Waals surface area contributed by atoms with Crippen LogP contribution in [0.5, 0.6) is 0 Å². The van der Waals surface area contributed by atoms with E-state index in [0.717, 1.165) is 11.6 Å². The van der Waals surface area contributed by atoms with Gasteiger partial charge < -0.3 is 9.73 Å². The van der Waals surface area contributed by atoms with Gasteiger partial charge in [0.1, 0.15) is 0 Å². The van der Waals surface area contributed by atoms with Gasteiger partial charge in [0.2, 0.25) is 11.8 Å². The predicted octanol–water partition coefficient (Wildman–Crippen LogP) is 4.76. The van der Waals surface area contributed by atoms with Gasteiger partial charge in [0.25, 0.3) is 0 Å². The number of benzene rings is 1. The largest absolute Gasteiger partial charge is 0.423 e. The molecule has 0 amide bonds. The predicted molar refractivity (Wildman–Crippen MR) is 90.4 cm³/mol. The highest BCUT2D eigenvalue weighted by Crippen LogP contribution is 2.39. The summed E-state index contributed by atoms with van der Waals surface area (Å²) >= 11 is 1.88. The second kappa shape index (κ2) is 5.95. The average molecular weight is 317 g/mol. The fourth-order valence-corrected chi connectivity index (χ4v) is 3.33. The Morgan fingerprint density at radius 1 is 1.27 bits per heavy atom. The fraction of sp³-hybridized carbons (Fsp3) is 0.529. The first kappa shape index (κ1) is 15.4. The number of hydrogen-bond acceptors (Lipinski definition) is 5. The van der Waals surface area contributed by atoms with E-state index in [4.69, 9.17) is 4.42 Å². The van der Waals surface area contributed by atoms with Crippen molar-refractivity contribution in [3.63, 3.8) is 0 Å². The van der Waals surface area contributed by atoms with Crippen LogP contribution < -0.4 is 5.32 Å². The van der Waals surface area contributed by atoms with Crippen LogP contribution in [-0.2, 0) is 6.54 Å². The van der Waals surface area contributed by atoms with Gasteiger partial charge in [-0.2, -0.15) is 0 Å². The number of thioether (sulfide) groups is 1. The van der Waals surface area contributed by atoms with E-state index < -0.39 is 0 Å². The van der Waals surface area contributed by atoms with Crippen molar-refractivity contribution in [3.05, 3.63) is 35.5 Å². The summed E-state index contributed by atoms with van der Waals surface area (Å²) in [4.78, 5) is 1.30. The molecular formula is C17H23N3OS. The molecule has 3 rings (SSSR count). The van der Waals surface area contributed by atoms with Gasteiger partial charge in [-0.1, -0.05) is 20.8 Å². The van der Waals surface area contributed by atoms with Gasteiger partial charge in [-0.15, -0.1) is 22.0 Å². The minimum atomic E-state index is 0.227. The summed E-state index contributed by atoms with van der Waals surface area (Å²) in [5, 5.41) is 11.6. The van der Waals surface area contributed by atoms with Crippen LogP contribution in [0.15, 0.2) is 27.5 Å². The van der Waals surface area contributed by atoms with Crippen molar-refractivity contribution in [1.82, 2.24) is 10.2 Å². The molecular weight excluding hydrogens is 294 g/mol. The third kappa shape index (κ3) is 4.03. The van der Waals surface area contributed by atoms with Crippen molar-refractivity contribution in [3.8, 4) is 0 Å². The molecule has 0 radical (unpaired) electrons. The maximum atomic E-state index is 5.67. The second-order valence-electron chi connectivity index (χ2n) is 6.85. The van der Waals surface area contributed by atoms with Crippen LogP contribution in [0.2, 0.25) is 0 Å². The first-order chi connectivity index (χ1) is 10.4. The summed E-state index contributed by atoms with van der Waals surface area (Å²) < 4.78 is 5.90. The number of hydrogen-bond donors (Lipinski definition) is 1. The van der Waals surface area contributed by atoms with Crippen LogP contribution in [0.3, 0.4) is 0 Å². The Kier molecular flexibility index (Phi) is 4.17. The molecule has 0 spiro atoms. The Balaban J connectivity index is 1.61. The summed E-state index contributed by atoms with van der Waals surface area (Å²) in [6.45, 7) is 9.38. The molecule has 0 saturated heterocycles.